The lowest BCUT2D eigenvalue weighted by atomic mass is 9.60. The molecule has 3 aliphatic carbocycles. The normalized spacial score (nSPS) is 38.8. The van der Waals surface area contributed by atoms with E-state index in [2.05, 4.69) is 32.6 Å². The average Bonchev–Trinajstić information content (AvgIpc) is 3.00. The molecule has 0 unspecified atom stereocenters. The lowest BCUT2D eigenvalue weighted by Gasteiger charge is -2.44. The van der Waals surface area contributed by atoms with E-state index in [0.717, 1.165) is 29.9 Å². The molecule has 0 aromatic carbocycles. The SMILES string of the molecule is C=C1/C(=C/C=C2\CCC[C@]3(C)[C@@H]([C@@H](C)CCCC(C)(C)O)CC[C@@H]23)C[C@@H](O)C[C@@H]1O. The van der Waals surface area contributed by atoms with E-state index >= 15 is 0 Å². The van der Waals surface area contributed by atoms with Gasteiger partial charge in [0.15, 0.2) is 0 Å². The second kappa shape index (κ2) is 9.30. The van der Waals surface area contributed by atoms with E-state index in [1.54, 1.807) is 5.57 Å². The maximum absolute atomic E-state index is 10.1. The van der Waals surface area contributed by atoms with Crippen LogP contribution in [0.5, 0.6) is 0 Å². The quantitative estimate of drug-likeness (QED) is 0.520. The van der Waals surface area contributed by atoms with Crippen LogP contribution < -0.4 is 0 Å². The van der Waals surface area contributed by atoms with Gasteiger partial charge in [0.25, 0.3) is 0 Å². The molecule has 170 valence electrons. The number of aliphatic hydroxyl groups excluding tert-OH is 2. The molecular weight excluding hydrogens is 372 g/mol. The molecule has 30 heavy (non-hydrogen) atoms. The molecule has 0 aliphatic heterocycles. The van der Waals surface area contributed by atoms with Gasteiger partial charge in [-0.25, -0.2) is 0 Å². The zero-order valence-electron chi connectivity index (χ0n) is 19.7. The van der Waals surface area contributed by atoms with Crippen LogP contribution in [0.4, 0.5) is 0 Å². The van der Waals surface area contributed by atoms with Crippen LogP contribution in [0.15, 0.2) is 35.5 Å². The number of allylic oxidation sites excluding steroid dienone is 3. The molecular formula is C27H44O3. The van der Waals surface area contributed by atoms with E-state index < -0.39 is 17.8 Å². The predicted molar refractivity (Wildman–Crippen MR) is 124 cm³/mol. The van der Waals surface area contributed by atoms with Crippen molar-refractivity contribution in [3.05, 3.63) is 35.5 Å². The van der Waals surface area contributed by atoms with Crippen molar-refractivity contribution in [3.63, 3.8) is 0 Å². The standard InChI is InChI=1S/C27H44O3/c1-18(8-6-14-26(3,4)30)23-12-13-24-20(9-7-15-27(23,24)5)10-11-21-16-22(28)17-25(29)19(21)2/h10-11,18,22-25,28-30H,2,6-9,12-17H2,1,3-5H3/b20-10+,21-11+/t18-,22+,23+,24-,25-,27+/m0/s1. The van der Waals surface area contributed by atoms with Gasteiger partial charge in [0.1, 0.15) is 0 Å². The van der Waals surface area contributed by atoms with Gasteiger partial charge in [-0.15, -0.1) is 0 Å². The zero-order valence-corrected chi connectivity index (χ0v) is 19.7. The van der Waals surface area contributed by atoms with Gasteiger partial charge in [-0.3, -0.25) is 0 Å². The van der Waals surface area contributed by atoms with Gasteiger partial charge < -0.3 is 15.3 Å². The van der Waals surface area contributed by atoms with Crippen LogP contribution in [-0.4, -0.2) is 33.1 Å². The molecule has 0 heterocycles. The molecule has 3 rings (SSSR count). The Morgan fingerprint density at radius 3 is 2.67 bits per heavy atom. The number of fused-ring (bicyclic) bond motifs is 1. The van der Waals surface area contributed by atoms with Gasteiger partial charge in [-0.1, -0.05) is 51.0 Å². The molecule has 0 spiro atoms. The maximum Gasteiger partial charge on any atom is 0.0811 e. The first-order valence-corrected chi connectivity index (χ1v) is 12.2. The smallest absolute Gasteiger partial charge is 0.0811 e. The molecule has 6 atom stereocenters. The fourth-order valence-electron chi connectivity index (χ4n) is 6.74. The minimum atomic E-state index is -0.615. The Morgan fingerprint density at radius 2 is 1.97 bits per heavy atom. The predicted octanol–water partition coefficient (Wildman–Crippen LogP) is 5.70. The summed E-state index contributed by atoms with van der Waals surface area (Å²) in [5.41, 5.74) is 3.17. The molecule has 0 aromatic rings. The average molecular weight is 417 g/mol. The van der Waals surface area contributed by atoms with Gasteiger partial charge in [0.05, 0.1) is 17.8 Å². The van der Waals surface area contributed by atoms with Crippen LogP contribution in [0.3, 0.4) is 0 Å². The van der Waals surface area contributed by atoms with Gasteiger partial charge in [0, 0.05) is 6.42 Å². The summed E-state index contributed by atoms with van der Waals surface area (Å²) in [6.45, 7) is 12.8. The fraction of sp³-hybridized carbons (Fsp3) is 0.778. The van der Waals surface area contributed by atoms with E-state index in [9.17, 15) is 15.3 Å². The maximum atomic E-state index is 10.1. The van der Waals surface area contributed by atoms with E-state index in [-0.39, 0.29) is 0 Å². The van der Waals surface area contributed by atoms with E-state index in [1.165, 1.54) is 38.5 Å². The Labute approximate surface area is 184 Å². The van der Waals surface area contributed by atoms with Crippen LogP contribution in [0, 0.1) is 23.2 Å². The molecule has 3 fully saturated rings. The van der Waals surface area contributed by atoms with Gasteiger partial charge in [0.2, 0.25) is 0 Å². The second-order valence-corrected chi connectivity index (χ2v) is 11.3. The Balaban J connectivity index is 1.70. The summed E-state index contributed by atoms with van der Waals surface area (Å²) in [5.74, 6) is 2.11. The lowest BCUT2D eigenvalue weighted by molar-refractivity contribution is 0.0596. The fourth-order valence-corrected chi connectivity index (χ4v) is 6.74. The first kappa shape index (κ1) is 23.8. The van der Waals surface area contributed by atoms with Crippen LogP contribution >= 0.6 is 0 Å². The summed E-state index contributed by atoms with van der Waals surface area (Å²) in [6, 6.07) is 0. The van der Waals surface area contributed by atoms with Crippen molar-refractivity contribution in [2.75, 3.05) is 0 Å². The Hall–Kier alpha value is -0.900. The molecule has 3 N–H and O–H groups in total. The molecule has 0 radical (unpaired) electrons. The van der Waals surface area contributed by atoms with E-state index in [4.69, 9.17) is 0 Å². The Kier molecular flexibility index (Phi) is 7.37. The Bertz CT molecular complexity index is 683. The van der Waals surface area contributed by atoms with Crippen LogP contribution in [0.1, 0.15) is 91.9 Å². The van der Waals surface area contributed by atoms with Crippen LogP contribution in [0.2, 0.25) is 0 Å². The number of aliphatic hydroxyl groups is 3. The van der Waals surface area contributed by atoms with Crippen LogP contribution in [-0.2, 0) is 0 Å². The third-order valence-electron chi connectivity index (χ3n) is 8.44. The highest BCUT2D eigenvalue weighted by Gasteiger charge is 2.50. The summed E-state index contributed by atoms with van der Waals surface area (Å²) >= 11 is 0. The van der Waals surface area contributed by atoms with Crippen molar-refractivity contribution in [2.24, 2.45) is 23.2 Å². The minimum Gasteiger partial charge on any atom is -0.393 e. The van der Waals surface area contributed by atoms with E-state index in [0.29, 0.717) is 30.1 Å². The summed E-state index contributed by atoms with van der Waals surface area (Å²) in [5, 5.41) is 30.2. The molecule has 0 aromatic heterocycles. The molecule has 3 nitrogen and oxygen atoms in total. The van der Waals surface area contributed by atoms with Crippen molar-refractivity contribution in [2.45, 2.75) is 110 Å². The topological polar surface area (TPSA) is 60.7 Å². The van der Waals surface area contributed by atoms with Crippen molar-refractivity contribution in [3.8, 4) is 0 Å². The first-order valence-electron chi connectivity index (χ1n) is 12.2. The molecule has 3 saturated carbocycles. The molecule has 0 saturated heterocycles. The second-order valence-electron chi connectivity index (χ2n) is 11.3. The highest BCUT2D eigenvalue weighted by atomic mass is 16.3. The van der Waals surface area contributed by atoms with Crippen molar-refractivity contribution in [1.29, 1.82) is 0 Å². The monoisotopic (exact) mass is 416 g/mol. The molecule has 0 bridgehead atoms. The lowest BCUT2D eigenvalue weighted by Crippen LogP contribution is -2.36. The van der Waals surface area contributed by atoms with Crippen molar-refractivity contribution >= 4 is 0 Å². The van der Waals surface area contributed by atoms with Crippen molar-refractivity contribution in [1.82, 2.24) is 0 Å². The van der Waals surface area contributed by atoms with E-state index in [1.807, 2.05) is 13.8 Å². The summed E-state index contributed by atoms with van der Waals surface area (Å²) in [6.07, 6.45) is 13.9. The Morgan fingerprint density at radius 1 is 1.23 bits per heavy atom. The first-order chi connectivity index (χ1) is 14.0. The third-order valence-corrected chi connectivity index (χ3v) is 8.44. The number of rotatable bonds is 6. The minimum absolute atomic E-state index is 0.374. The van der Waals surface area contributed by atoms with Crippen LogP contribution in [0.25, 0.3) is 0 Å². The highest BCUT2D eigenvalue weighted by molar-refractivity contribution is 5.38. The zero-order chi connectivity index (χ0) is 22.1. The third kappa shape index (κ3) is 5.29. The number of hydrogen-bond donors (Lipinski definition) is 3. The summed E-state index contributed by atoms with van der Waals surface area (Å²) in [4.78, 5) is 0. The molecule has 3 heteroatoms. The number of hydrogen-bond acceptors (Lipinski definition) is 3. The molecule has 0 amide bonds. The van der Waals surface area contributed by atoms with Gasteiger partial charge >= 0.3 is 0 Å². The highest BCUT2D eigenvalue weighted by Crippen LogP contribution is 2.60. The summed E-state index contributed by atoms with van der Waals surface area (Å²) in [7, 11) is 0. The summed E-state index contributed by atoms with van der Waals surface area (Å²) < 4.78 is 0. The van der Waals surface area contributed by atoms with Gasteiger partial charge in [-0.05, 0) is 93.1 Å². The molecule has 3 aliphatic rings. The van der Waals surface area contributed by atoms with Gasteiger partial charge in [-0.2, -0.15) is 0 Å². The largest absolute Gasteiger partial charge is 0.393 e. The van der Waals surface area contributed by atoms with Crippen molar-refractivity contribution < 1.29 is 15.3 Å².